The fraction of sp³-hybridized carbons (Fsp3) is 0.561. The number of ether oxygens (including phenoxy) is 7. The molecule has 15 heteroatoms. The van der Waals surface area contributed by atoms with Crippen molar-refractivity contribution in [3.05, 3.63) is 66.0 Å². The van der Waals surface area contributed by atoms with Crippen molar-refractivity contribution in [3.8, 4) is 0 Å². The number of hydrogen-bond acceptors (Lipinski definition) is 15. The highest BCUT2D eigenvalue weighted by atomic mass is 16.6. The summed E-state index contributed by atoms with van der Waals surface area (Å²) < 4.78 is 43.9. The molecule has 1 aromatic heterocycles. The summed E-state index contributed by atoms with van der Waals surface area (Å²) in [5.74, 6) is -9.90. The van der Waals surface area contributed by atoms with Gasteiger partial charge >= 0.3 is 35.8 Å². The summed E-state index contributed by atoms with van der Waals surface area (Å²) in [6, 6.07) is 11.1. The van der Waals surface area contributed by atoms with Crippen LogP contribution in [-0.2, 0) is 57.1 Å². The van der Waals surface area contributed by atoms with E-state index in [1.165, 1.54) is 39.2 Å². The molecular weight excluding hydrogens is 730 g/mol. The van der Waals surface area contributed by atoms with Gasteiger partial charge in [0.2, 0.25) is 0 Å². The highest BCUT2D eigenvalue weighted by Gasteiger charge is 2.86. The van der Waals surface area contributed by atoms with Crippen molar-refractivity contribution in [2.45, 2.75) is 103 Å². The zero-order chi connectivity index (χ0) is 40.5. The SMILES string of the molecule is CC(=O)O[C@@H]1[C@H]2[C@@H](OC(=O)c3cccnc3)[C@@H](C)C[C@]2(OC(C)=O)[C@@H](OC(C)=O)[C@]2(C)OC[C@]13C(=O)[C@H](OC(=O)c1ccccc1)[C@@H]1C[C@](C)(OC(C)=O)[C@@H]1[C@@H]23. The van der Waals surface area contributed by atoms with E-state index in [0.717, 1.165) is 6.92 Å². The van der Waals surface area contributed by atoms with Gasteiger partial charge in [-0.15, -0.1) is 0 Å². The van der Waals surface area contributed by atoms with Crippen molar-refractivity contribution in [2.75, 3.05) is 6.61 Å². The van der Waals surface area contributed by atoms with E-state index in [9.17, 15) is 28.8 Å². The average Bonchev–Trinajstić information content (AvgIpc) is 3.56. The Kier molecular flexibility index (Phi) is 9.62. The minimum atomic E-state index is -1.93. The van der Waals surface area contributed by atoms with Crippen LogP contribution in [0.15, 0.2) is 54.9 Å². The number of hydrogen-bond donors (Lipinski definition) is 0. The van der Waals surface area contributed by atoms with Crippen molar-refractivity contribution >= 4 is 41.6 Å². The van der Waals surface area contributed by atoms with E-state index in [2.05, 4.69) is 4.98 Å². The third-order valence-electron chi connectivity index (χ3n) is 12.7. The van der Waals surface area contributed by atoms with Crippen LogP contribution in [0.5, 0.6) is 0 Å². The summed E-state index contributed by atoms with van der Waals surface area (Å²) in [6.45, 7) is 9.38. The topological polar surface area (TPSA) is 197 Å². The highest BCUT2D eigenvalue weighted by Crippen LogP contribution is 2.73. The first-order valence-electron chi connectivity index (χ1n) is 18.7. The molecule has 2 heterocycles. The Morgan fingerprint density at radius 1 is 0.750 bits per heavy atom. The molecule has 5 fully saturated rings. The second-order valence-corrected chi connectivity index (χ2v) is 16.2. The molecule has 1 saturated heterocycles. The van der Waals surface area contributed by atoms with E-state index in [-0.39, 0.29) is 24.0 Å². The van der Waals surface area contributed by atoms with Crippen LogP contribution in [0.25, 0.3) is 0 Å². The Labute approximate surface area is 323 Å². The van der Waals surface area contributed by atoms with Crippen molar-refractivity contribution in [2.24, 2.45) is 35.0 Å². The molecule has 56 heavy (non-hydrogen) atoms. The quantitative estimate of drug-likeness (QED) is 0.278. The van der Waals surface area contributed by atoms with Crippen LogP contribution >= 0.6 is 0 Å². The van der Waals surface area contributed by atoms with Gasteiger partial charge in [-0.05, 0) is 56.9 Å². The molecule has 1 aliphatic heterocycles. The number of pyridine rings is 1. The van der Waals surface area contributed by atoms with Crippen molar-refractivity contribution in [1.82, 2.24) is 4.98 Å². The van der Waals surface area contributed by atoms with E-state index in [0.29, 0.717) is 0 Å². The molecule has 7 rings (SSSR count). The number of ketones is 1. The molecule has 1 aromatic carbocycles. The minimum Gasteiger partial charge on any atom is -0.461 e. The lowest BCUT2D eigenvalue weighted by molar-refractivity contribution is -0.258. The maximum atomic E-state index is 15.7. The Balaban J connectivity index is 1.49. The summed E-state index contributed by atoms with van der Waals surface area (Å²) in [5.41, 5.74) is -6.56. The predicted octanol–water partition coefficient (Wildman–Crippen LogP) is 3.60. The van der Waals surface area contributed by atoms with Crippen LogP contribution in [0.3, 0.4) is 0 Å². The summed E-state index contributed by atoms with van der Waals surface area (Å²) in [6.07, 6.45) is -2.95. The lowest BCUT2D eigenvalue weighted by Crippen LogP contribution is -2.75. The molecule has 4 aliphatic carbocycles. The number of rotatable bonds is 8. The monoisotopic (exact) mass is 775 g/mol. The standard InChI is InChI=1S/C41H45NO14/c1-20-16-41(56-24(5)46)29(30(20)53-36(49)26-14-11-15-42-18-26)34(51-21(2)43)40-19-50-39(7,37(41)52-22(3)44)32(40)28-27(17-38(28,6)55-23(4)45)31(33(40)47)54-35(48)25-12-9-8-10-13-25/h8-15,18,20,27-32,34,37H,16-17,19H2,1-7H3/t20-,27+,28-,29+,30-,31+,32-,34+,37-,38-,39+,40-,41+/m0/s1. The first-order chi connectivity index (χ1) is 26.4. The number of fused-ring (bicyclic) bond motifs is 2. The summed E-state index contributed by atoms with van der Waals surface area (Å²) in [7, 11) is 0. The lowest BCUT2D eigenvalue weighted by atomic mass is 9.42. The van der Waals surface area contributed by atoms with Gasteiger partial charge in [0.25, 0.3) is 0 Å². The zero-order valence-corrected chi connectivity index (χ0v) is 32.2. The Morgan fingerprint density at radius 3 is 2.00 bits per heavy atom. The molecule has 2 bridgehead atoms. The third kappa shape index (κ3) is 5.88. The molecule has 15 nitrogen and oxygen atoms in total. The Morgan fingerprint density at radius 2 is 1.39 bits per heavy atom. The molecule has 0 N–H and O–H groups in total. The van der Waals surface area contributed by atoms with E-state index >= 15 is 4.79 Å². The molecule has 2 aromatic rings. The smallest absolute Gasteiger partial charge is 0.339 e. The average molecular weight is 776 g/mol. The molecule has 13 atom stereocenters. The van der Waals surface area contributed by atoms with Crippen LogP contribution in [0.1, 0.15) is 82.0 Å². The molecule has 0 amide bonds. The number of aromatic nitrogens is 1. The van der Waals surface area contributed by atoms with Gasteiger partial charge < -0.3 is 33.2 Å². The normalized spacial score (nSPS) is 38.9. The molecular formula is C41H45NO14. The summed E-state index contributed by atoms with van der Waals surface area (Å²) in [4.78, 5) is 100.0. The van der Waals surface area contributed by atoms with Crippen LogP contribution in [0, 0.1) is 35.0 Å². The van der Waals surface area contributed by atoms with Crippen LogP contribution in [0.4, 0.5) is 0 Å². The van der Waals surface area contributed by atoms with E-state index in [1.54, 1.807) is 57.2 Å². The maximum Gasteiger partial charge on any atom is 0.339 e. The van der Waals surface area contributed by atoms with Crippen LogP contribution in [0.2, 0.25) is 0 Å². The Hall–Kier alpha value is -5.18. The first kappa shape index (κ1) is 39.1. The van der Waals surface area contributed by atoms with Crippen molar-refractivity contribution in [3.63, 3.8) is 0 Å². The van der Waals surface area contributed by atoms with Gasteiger partial charge in [-0.3, -0.25) is 29.0 Å². The molecule has 298 valence electrons. The van der Waals surface area contributed by atoms with E-state index in [4.69, 9.17) is 33.2 Å². The van der Waals surface area contributed by atoms with Gasteiger partial charge in [0.05, 0.1) is 29.1 Å². The van der Waals surface area contributed by atoms with Crippen LogP contribution in [-0.4, -0.2) is 94.4 Å². The molecule has 4 saturated carbocycles. The number of Topliss-reactive ketones (excluding diaryl/α,β-unsaturated/α-hetero) is 1. The first-order valence-corrected chi connectivity index (χ1v) is 18.7. The van der Waals surface area contributed by atoms with Crippen molar-refractivity contribution < 1.29 is 66.7 Å². The molecule has 0 spiro atoms. The van der Waals surface area contributed by atoms with Crippen molar-refractivity contribution in [1.29, 1.82) is 0 Å². The number of carbonyl (C=O) groups is 7. The van der Waals surface area contributed by atoms with Gasteiger partial charge in [0.15, 0.2) is 23.6 Å². The molecule has 0 unspecified atom stereocenters. The van der Waals surface area contributed by atoms with Gasteiger partial charge in [0.1, 0.15) is 23.4 Å². The molecule has 0 radical (unpaired) electrons. The van der Waals surface area contributed by atoms with Gasteiger partial charge in [-0.2, -0.15) is 0 Å². The number of benzene rings is 1. The minimum absolute atomic E-state index is 0.0877. The molecule has 5 aliphatic rings. The second-order valence-electron chi connectivity index (χ2n) is 16.2. The lowest BCUT2D eigenvalue weighted by Gasteiger charge is -2.64. The van der Waals surface area contributed by atoms with Crippen LogP contribution < -0.4 is 0 Å². The number of esters is 6. The largest absolute Gasteiger partial charge is 0.461 e. The number of carbonyl (C=O) groups excluding carboxylic acids is 7. The zero-order valence-electron chi connectivity index (χ0n) is 32.2. The van der Waals surface area contributed by atoms with Gasteiger partial charge in [-0.25, -0.2) is 9.59 Å². The van der Waals surface area contributed by atoms with Gasteiger partial charge in [-0.1, -0.05) is 25.1 Å². The third-order valence-corrected chi connectivity index (χ3v) is 12.7. The number of nitrogens with zero attached hydrogens (tertiary/aromatic N) is 1. The van der Waals surface area contributed by atoms with Gasteiger partial charge in [0, 0.05) is 57.8 Å². The predicted molar refractivity (Wildman–Crippen MR) is 189 cm³/mol. The Bertz CT molecular complexity index is 1970. The maximum absolute atomic E-state index is 15.7. The second kappa shape index (κ2) is 13.8. The summed E-state index contributed by atoms with van der Waals surface area (Å²) >= 11 is 0. The highest BCUT2D eigenvalue weighted by molar-refractivity contribution is 5.97. The van der Waals surface area contributed by atoms with E-state index in [1.807, 2.05) is 0 Å². The summed E-state index contributed by atoms with van der Waals surface area (Å²) in [5, 5.41) is 0. The fourth-order valence-corrected chi connectivity index (χ4v) is 11.2. The van der Waals surface area contributed by atoms with E-state index < -0.39 is 124 Å². The fourth-order valence-electron chi connectivity index (χ4n) is 11.2.